The van der Waals surface area contributed by atoms with E-state index in [9.17, 15) is 15.3 Å². The van der Waals surface area contributed by atoms with Crippen molar-refractivity contribution in [2.45, 2.75) is 44.6 Å². The van der Waals surface area contributed by atoms with E-state index in [4.69, 9.17) is 11.6 Å². The minimum atomic E-state index is -0.874. The number of rotatable bonds is 3. The molecule has 1 fully saturated rings. The fourth-order valence-electron chi connectivity index (χ4n) is 4.89. The van der Waals surface area contributed by atoms with E-state index in [0.717, 1.165) is 12.0 Å². The molecule has 1 aromatic carbocycles. The number of fused-ring (bicyclic) bond motifs is 5. The van der Waals surface area contributed by atoms with Crippen molar-refractivity contribution in [1.29, 1.82) is 10.5 Å². The summed E-state index contributed by atoms with van der Waals surface area (Å²) in [5, 5.41) is 22.3. The van der Waals surface area contributed by atoms with Gasteiger partial charge in [-0.05, 0) is 29.9 Å². The van der Waals surface area contributed by atoms with Crippen LogP contribution in [0.2, 0.25) is 5.02 Å². The van der Waals surface area contributed by atoms with Crippen molar-refractivity contribution in [2.24, 2.45) is 5.41 Å². The first-order valence-electron chi connectivity index (χ1n) is 9.11. The smallest absolute Gasteiger partial charge is 0.233 e. The SMILES string of the molecule is CC1(C)C2CCC1(C(=O)NCc1ccccc1Cl)c1nc(C#N)c(C#N)nc12. The van der Waals surface area contributed by atoms with E-state index in [-0.39, 0.29) is 23.2 Å². The van der Waals surface area contributed by atoms with Gasteiger partial charge in [-0.15, -0.1) is 0 Å². The minimum Gasteiger partial charge on any atom is -0.351 e. The molecule has 0 saturated heterocycles. The minimum absolute atomic E-state index is 0.0243. The van der Waals surface area contributed by atoms with Crippen molar-refractivity contribution in [1.82, 2.24) is 15.3 Å². The molecule has 28 heavy (non-hydrogen) atoms. The van der Waals surface area contributed by atoms with Gasteiger partial charge in [0.1, 0.15) is 12.1 Å². The molecule has 6 nitrogen and oxygen atoms in total. The number of halogens is 1. The molecule has 0 radical (unpaired) electrons. The van der Waals surface area contributed by atoms with Gasteiger partial charge in [0.25, 0.3) is 0 Å². The Morgan fingerprint density at radius 2 is 1.93 bits per heavy atom. The van der Waals surface area contributed by atoms with Crippen molar-refractivity contribution >= 4 is 17.5 Å². The number of nitrogens with one attached hydrogen (secondary N) is 1. The number of nitriles is 2. The van der Waals surface area contributed by atoms with E-state index < -0.39 is 10.8 Å². The van der Waals surface area contributed by atoms with Crippen LogP contribution in [-0.4, -0.2) is 15.9 Å². The molecular weight excluding hydrogens is 374 g/mol. The Labute approximate surface area is 168 Å². The third-order valence-corrected chi connectivity index (χ3v) is 6.80. The van der Waals surface area contributed by atoms with Crippen LogP contribution in [0, 0.1) is 28.1 Å². The zero-order chi connectivity index (χ0) is 20.1. The summed E-state index contributed by atoms with van der Waals surface area (Å²) in [6.07, 6.45) is 1.43. The molecule has 2 aliphatic rings. The second-order valence-corrected chi connectivity index (χ2v) is 8.28. The van der Waals surface area contributed by atoms with E-state index in [1.54, 1.807) is 6.07 Å². The van der Waals surface area contributed by atoms with Gasteiger partial charge in [0.2, 0.25) is 5.91 Å². The van der Waals surface area contributed by atoms with Gasteiger partial charge < -0.3 is 5.32 Å². The summed E-state index contributed by atoms with van der Waals surface area (Å²) in [4.78, 5) is 22.4. The molecule has 1 heterocycles. The lowest BCUT2D eigenvalue weighted by Crippen LogP contribution is -2.49. The van der Waals surface area contributed by atoms with Gasteiger partial charge in [0, 0.05) is 17.5 Å². The van der Waals surface area contributed by atoms with E-state index in [1.807, 2.05) is 44.2 Å². The maximum absolute atomic E-state index is 13.5. The highest BCUT2D eigenvalue weighted by Gasteiger charge is 2.68. The molecule has 2 aliphatic carbocycles. The molecule has 2 atom stereocenters. The molecule has 1 saturated carbocycles. The van der Waals surface area contributed by atoms with Crippen LogP contribution in [0.3, 0.4) is 0 Å². The average molecular weight is 392 g/mol. The topological polar surface area (TPSA) is 102 Å². The number of amides is 1. The fourth-order valence-corrected chi connectivity index (χ4v) is 5.09. The molecule has 0 spiro atoms. The zero-order valence-electron chi connectivity index (χ0n) is 15.6. The highest BCUT2D eigenvalue weighted by molar-refractivity contribution is 6.31. The number of benzene rings is 1. The highest BCUT2D eigenvalue weighted by Crippen LogP contribution is 2.67. The van der Waals surface area contributed by atoms with E-state index >= 15 is 0 Å². The number of carbonyl (C=O) groups excluding carboxylic acids is 1. The van der Waals surface area contributed by atoms with Gasteiger partial charge in [0.15, 0.2) is 11.4 Å². The summed E-state index contributed by atoms with van der Waals surface area (Å²) in [5.41, 5.74) is 0.768. The molecule has 140 valence electrons. The van der Waals surface area contributed by atoms with Crippen LogP contribution in [0.4, 0.5) is 0 Å². The Kier molecular flexibility index (Phi) is 4.14. The van der Waals surface area contributed by atoms with Gasteiger partial charge in [-0.1, -0.05) is 43.6 Å². The quantitative estimate of drug-likeness (QED) is 0.864. The third kappa shape index (κ3) is 2.28. The van der Waals surface area contributed by atoms with E-state index in [0.29, 0.717) is 29.4 Å². The van der Waals surface area contributed by atoms with Crippen LogP contribution in [0.1, 0.15) is 60.9 Å². The van der Waals surface area contributed by atoms with Crippen molar-refractivity contribution < 1.29 is 4.79 Å². The largest absolute Gasteiger partial charge is 0.351 e. The summed E-state index contributed by atoms with van der Waals surface area (Å²) in [6, 6.07) is 11.3. The molecule has 7 heteroatoms. The fraction of sp³-hybridized carbons (Fsp3) is 0.381. The Morgan fingerprint density at radius 1 is 1.25 bits per heavy atom. The van der Waals surface area contributed by atoms with Gasteiger partial charge in [-0.3, -0.25) is 4.79 Å². The predicted octanol–water partition coefficient (Wildman–Crippen LogP) is 3.34. The van der Waals surface area contributed by atoms with Crippen molar-refractivity contribution in [2.75, 3.05) is 0 Å². The molecule has 0 aliphatic heterocycles. The average Bonchev–Trinajstić information content (AvgIpc) is 3.07. The second kappa shape index (κ2) is 6.29. The number of hydrogen-bond donors (Lipinski definition) is 1. The molecule has 2 aromatic rings. The van der Waals surface area contributed by atoms with E-state index in [2.05, 4.69) is 15.3 Å². The Morgan fingerprint density at radius 3 is 2.61 bits per heavy atom. The number of nitrogens with zero attached hydrogens (tertiary/aromatic N) is 4. The van der Waals surface area contributed by atoms with Crippen LogP contribution in [0.25, 0.3) is 0 Å². The van der Waals surface area contributed by atoms with Gasteiger partial charge in [-0.25, -0.2) is 9.97 Å². The second-order valence-electron chi connectivity index (χ2n) is 7.87. The predicted molar refractivity (Wildman–Crippen MR) is 102 cm³/mol. The van der Waals surface area contributed by atoms with Crippen LogP contribution >= 0.6 is 11.6 Å². The Balaban J connectivity index is 1.76. The summed E-state index contributed by atoms with van der Waals surface area (Å²) in [7, 11) is 0. The first kappa shape index (κ1) is 18.4. The summed E-state index contributed by atoms with van der Waals surface area (Å²) in [5.74, 6) is -0.109. The summed E-state index contributed by atoms with van der Waals surface area (Å²) in [6.45, 7) is 4.40. The van der Waals surface area contributed by atoms with Crippen LogP contribution in [0.15, 0.2) is 24.3 Å². The lowest BCUT2D eigenvalue weighted by atomic mass is 9.67. The Bertz CT molecular complexity index is 1080. The molecule has 1 N–H and O–H groups in total. The number of carbonyl (C=O) groups is 1. The Hall–Kier alpha value is -2.96. The highest BCUT2D eigenvalue weighted by atomic mass is 35.5. The first-order valence-corrected chi connectivity index (χ1v) is 9.49. The lowest BCUT2D eigenvalue weighted by Gasteiger charge is -2.36. The van der Waals surface area contributed by atoms with Crippen LogP contribution in [-0.2, 0) is 16.8 Å². The van der Waals surface area contributed by atoms with Gasteiger partial charge in [0.05, 0.1) is 16.8 Å². The maximum Gasteiger partial charge on any atom is 0.233 e. The van der Waals surface area contributed by atoms with Gasteiger partial charge >= 0.3 is 0 Å². The third-order valence-electron chi connectivity index (χ3n) is 6.43. The molecule has 2 unspecified atom stereocenters. The maximum atomic E-state index is 13.5. The molecule has 1 aromatic heterocycles. The normalized spacial score (nSPS) is 23.5. The number of aromatic nitrogens is 2. The first-order chi connectivity index (χ1) is 13.4. The van der Waals surface area contributed by atoms with Crippen molar-refractivity contribution in [3.63, 3.8) is 0 Å². The molecule has 4 rings (SSSR count). The number of hydrogen-bond acceptors (Lipinski definition) is 5. The molecule has 2 bridgehead atoms. The zero-order valence-corrected chi connectivity index (χ0v) is 16.3. The molecular formula is C21H18ClN5O. The van der Waals surface area contributed by atoms with E-state index in [1.165, 1.54) is 0 Å². The lowest BCUT2D eigenvalue weighted by molar-refractivity contribution is -0.130. The summed E-state index contributed by atoms with van der Waals surface area (Å²) < 4.78 is 0. The monoisotopic (exact) mass is 391 g/mol. The molecule has 1 amide bonds. The van der Waals surface area contributed by atoms with Crippen molar-refractivity contribution in [3.8, 4) is 12.1 Å². The van der Waals surface area contributed by atoms with Crippen LogP contribution < -0.4 is 5.32 Å². The van der Waals surface area contributed by atoms with Crippen molar-refractivity contribution in [3.05, 3.63) is 57.6 Å². The van der Waals surface area contributed by atoms with Gasteiger partial charge in [-0.2, -0.15) is 10.5 Å². The van der Waals surface area contributed by atoms with Crippen LogP contribution in [0.5, 0.6) is 0 Å². The summed E-state index contributed by atoms with van der Waals surface area (Å²) >= 11 is 6.21. The standard InChI is InChI=1S/C21H18ClN5O/c1-20(2)13-7-8-21(20,18-17(13)26-15(9-23)16(10-24)27-18)19(28)25-11-12-5-3-4-6-14(12)22/h3-6,13H,7-8,11H2,1-2H3,(H,25,28).